The van der Waals surface area contributed by atoms with Crippen molar-refractivity contribution in [2.75, 3.05) is 48.1 Å². The normalized spacial score (nSPS) is 13.7. The number of halogens is 1. The number of amides is 1. The van der Waals surface area contributed by atoms with E-state index in [1.54, 1.807) is 12.1 Å². The van der Waals surface area contributed by atoms with Crippen molar-refractivity contribution in [3.8, 4) is 5.75 Å². The van der Waals surface area contributed by atoms with E-state index in [9.17, 15) is 9.18 Å². The van der Waals surface area contributed by atoms with Gasteiger partial charge in [-0.15, -0.1) is 10.2 Å². The van der Waals surface area contributed by atoms with Crippen LogP contribution >= 0.6 is 11.8 Å². The predicted octanol–water partition coefficient (Wildman–Crippen LogP) is 2.28. The molecule has 1 aromatic heterocycles. The molecule has 1 amide bonds. The van der Waals surface area contributed by atoms with E-state index in [0.29, 0.717) is 16.7 Å². The van der Waals surface area contributed by atoms with Gasteiger partial charge in [0.25, 0.3) is 0 Å². The molecule has 0 bridgehead atoms. The highest BCUT2D eigenvalue weighted by molar-refractivity contribution is 7.99. The molecule has 0 unspecified atom stereocenters. The summed E-state index contributed by atoms with van der Waals surface area (Å²) in [5.41, 5.74) is 1.81. The molecule has 3 aromatic rings. The van der Waals surface area contributed by atoms with E-state index in [1.165, 1.54) is 16.8 Å². The second-order valence-electron chi connectivity index (χ2n) is 6.97. The van der Waals surface area contributed by atoms with Crippen LogP contribution in [0.2, 0.25) is 0 Å². The molecule has 11 heteroatoms. The minimum absolute atomic E-state index is 0.0489. The van der Waals surface area contributed by atoms with Gasteiger partial charge in [0, 0.05) is 24.5 Å². The summed E-state index contributed by atoms with van der Waals surface area (Å²) in [4.78, 5) is 14.6. The first-order chi connectivity index (χ1) is 15.6. The molecule has 0 aliphatic carbocycles. The maximum Gasteiger partial charge on any atom is 0.234 e. The number of benzene rings is 2. The van der Waals surface area contributed by atoms with Crippen molar-refractivity contribution in [2.24, 2.45) is 0 Å². The predicted molar refractivity (Wildman–Crippen MR) is 120 cm³/mol. The topological polar surface area (TPSA) is 108 Å². The summed E-state index contributed by atoms with van der Waals surface area (Å²) in [5.74, 6) is 5.84. The van der Waals surface area contributed by atoms with Crippen molar-refractivity contribution in [2.45, 2.75) is 11.8 Å². The van der Waals surface area contributed by atoms with Crippen LogP contribution in [0, 0.1) is 5.82 Å². The Labute approximate surface area is 188 Å². The van der Waals surface area contributed by atoms with Gasteiger partial charge in [0.1, 0.15) is 6.61 Å². The monoisotopic (exact) mass is 458 g/mol. The molecule has 3 N–H and O–H groups in total. The van der Waals surface area contributed by atoms with Gasteiger partial charge in [0.2, 0.25) is 11.1 Å². The number of aromatic nitrogens is 3. The number of carbonyl (C=O) groups excluding carboxylic acids is 1. The molecule has 1 aliphatic rings. The average Bonchev–Trinajstić information content (AvgIpc) is 3.17. The fraction of sp³-hybridized carbons (Fsp3) is 0.286. The lowest BCUT2D eigenvalue weighted by Crippen LogP contribution is -2.36. The first-order valence-corrected chi connectivity index (χ1v) is 11.0. The van der Waals surface area contributed by atoms with E-state index < -0.39 is 5.82 Å². The third-order valence-corrected chi connectivity index (χ3v) is 5.73. The van der Waals surface area contributed by atoms with Crippen LogP contribution in [0.1, 0.15) is 5.82 Å². The van der Waals surface area contributed by atoms with Crippen LogP contribution in [0.3, 0.4) is 0 Å². The Morgan fingerprint density at radius 3 is 2.66 bits per heavy atom. The highest BCUT2D eigenvalue weighted by Gasteiger charge is 2.14. The Morgan fingerprint density at radius 1 is 1.16 bits per heavy atom. The largest absolute Gasteiger partial charge is 0.482 e. The number of nitrogens with two attached hydrogens (primary N) is 1. The SMILES string of the molecule is Nn1c(COc2ccccc2F)nnc1SCC(=O)Nc1ccc(N2CCOCC2)cc1. The molecular weight excluding hydrogens is 435 g/mol. The molecule has 0 radical (unpaired) electrons. The number of hydrogen-bond donors (Lipinski definition) is 2. The molecule has 0 saturated carbocycles. The van der Waals surface area contributed by atoms with E-state index in [-0.39, 0.29) is 24.0 Å². The summed E-state index contributed by atoms with van der Waals surface area (Å²) < 4.78 is 25.6. The van der Waals surface area contributed by atoms with Gasteiger partial charge in [-0.2, -0.15) is 0 Å². The molecule has 4 rings (SSSR count). The number of ether oxygens (including phenoxy) is 2. The third-order valence-electron chi connectivity index (χ3n) is 4.79. The first kappa shape index (κ1) is 21.9. The van der Waals surface area contributed by atoms with Crippen LogP contribution in [-0.4, -0.2) is 52.8 Å². The summed E-state index contributed by atoms with van der Waals surface area (Å²) in [5, 5.41) is 11.1. The van der Waals surface area contributed by atoms with Gasteiger partial charge in [-0.1, -0.05) is 23.9 Å². The highest BCUT2D eigenvalue weighted by atomic mass is 32.2. The molecule has 2 aromatic carbocycles. The number of rotatable bonds is 8. The zero-order chi connectivity index (χ0) is 22.3. The van der Waals surface area contributed by atoms with E-state index in [4.69, 9.17) is 15.3 Å². The number of hydrogen-bond acceptors (Lipinski definition) is 8. The van der Waals surface area contributed by atoms with E-state index in [2.05, 4.69) is 20.4 Å². The van der Waals surface area contributed by atoms with Crippen molar-refractivity contribution < 1.29 is 18.7 Å². The van der Waals surface area contributed by atoms with Crippen LogP contribution in [0.15, 0.2) is 53.7 Å². The van der Waals surface area contributed by atoms with E-state index in [0.717, 1.165) is 43.8 Å². The Morgan fingerprint density at radius 2 is 1.91 bits per heavy atom. The third kappa shape index (κ3) is 5.48. The summed E-state index contributed by atoms with van der Waals surface area (Å²) in [6.07, 6.45) is 0. The summed E-state index contributed by atoms with van der Waals surface area (Å²) >= 11 is 1.15. The second kappa shape index (κ2) is 10.3. The number of thioether (sulfide) groups is 1. The lowest BCUT2D eigenvalue weighted by atomic mass is 10.2. The number of carbonyl (C=O) groups is 1. The number of nitrogen functional groups attached to an aromatic ring is 1. The van der Waals surface area contributed by atoms with Gasteiger partial charge in [-0.05, 0) is 36.4 Å². The summed E-state index contributed by atoms with van der Waals surface area (Å²) in [6.45, 7) is 3.11. The molecule has 0 spiro atoms. The maximum atomic E-state index is 13.6. The van der Waals surface area contributed by atoms with Crippen LogP contribution < -0.4 is 20.8 Å². The van der Waals surface area contributed by atoms with Crippen LogP contribution in [0.4, 0.5) is 15.8 Å². The van der Waals surface area contributed by atoms with Gasteiger partial charge in [0.15, 0.2) is 17.4 Å². The summed E-state index contributed by atoms with van der Waals surface area (Å²) in [7, 11) is 0. The van der Waals surface area contributed by atoms with Gasteiger partial charge in [-0.25, -0.2) is 9.07 Å². The smallest absolute Gasteiger partial charge is 0.234 e. The Hall–Kier alpha value is -3.31. The summed E-state index contributed by atoms with van der Waals surface area (Å²) in [6, 6.07) is 13.8. The molecule has 1 saturated heterocycles. The van der Waals surface area contributed by atoms with Crippen molar-refractivity contribution in [1.82, 2.24) is 14.9 Å². The zero-order valence-corrected chi connectivity index (χ0v) is 18.1. The molecule has 168 valence electrons. The lowest BCUT2D eigenvalue weighted by Gasteiger charge is -2.28. The fourth-order valence-electron chi connectivity index (χ4n) is 3.11. The minimum Gasteiger partial charge on any atom is -0.482 e. The van der Waals surface area contributed by atoms with E-state index in [1.807, 2.05) is 24.3 Å². The van der Waals surface area contributed by atoms with Gasteiger partial charge < -0.3 is 25.5 Å². The average molecular weight is 459 g/mol. The van der Waals surface area contributed by atoms with Crippen LogP contribution in [0.5, 0.6) is 5.75 Å². The molecular formula is C21H23FN6O3S. The fourth-order valence-corrected chi connectivity index (χ4v) is 3.79. The standard InChI is InChI=1S/C21H23FN6O3S/c22-17-3-1-2-4-18(17)31-13-19-25-26-21(28(19)23)32-14-20(29)24-15-5-7-16(8-6-15)27-9-11-30-12-10-27/h1-8H,9-14,23H2,(H,24,29). The van der Waals surface area contributed by atoms with E-state index >= 15 is 0 Å². The van der Waals surface area contributed by atoms with Gasteiger partial charge in [0.05, 0.1) is 19.0 Å². The minimum atomic E-state index is -0.472. The molecule has 9 nitrogen and oxygen atoms in total. The van der Waals surface area contributed by atoms with Crippen molar-refractivity contribution >= 4 is 29.0 Å². The number of morpholine rings is 1. The van der Waals surface area contributed by atoms with Crippen LogP contribution in [-0.2, 0) is 16.1 Å². The van der Waals surface area contributed by atoms with Crippen molar-refractivity contribution in [1.29, 1.82) is 0 Å². The van der Waals surface area contributed by atoms with Crippen LogP contribution in [0.25, 0.3) is 0 Å². The first-order valence-electron chi connectivity index (χ1n) is 10.0. The van der Waals surface area contributed by atoms with Crippen molar-refractivity contribution in [3.05, 3.63) is 60.2 Å². The zero-order valence-electron chi connectivity index (χ0n) is 17.2. The molecule has 2 heterocycles. The quantitative estimate of drug-likeness (QED) is 0.391. The Bertz CT molecular complexity index is 1060. The maximum absolute atomic E-state index is 13.6. The van der Waals surface area contributed by atoms with Gasteiger partial charge in [-0.3, -0.25) is 4.79 Å². The molecule has 1 fully saturated rings. The Balaban J connectivity index is 1.26. The number of anilines is 2. The molecule has 0 atom stereocenters. The lowest BCUT2D eigenvalue weighted by molar-refractivity contribution is -0.113. The number of para-hydroxylation sites is 1. The van der Waals surface area contributed by atoms with Crippen molar-refractivity contribution in [3.63, 3.8) is 0 Å². The Kier molecular flexibility index (Phi) is 7.07. The molecule has 32 heavy (non-hydrogen) atoms. The highest BCUT2D eigenvalue weighted by Crippen LogP contribution is 2.21. The number of nitrogens with one attached hydrogen (secondary N) is 1. The number of nitrogens with zero attached hydrogens (tertiary/aromatic N) is 4. The van der Waals surface area contributed by atoms with Gasteiger partial charge >= 0.3 is 0 Å². The molecule has 1 aliphatic heterocycles. The second-order valence-corrected chi connectivity index (χ2v) is 7.91.